The van der Waals surface area contributed by atoms with Crippen LogP contribution in [0.2, 0.25) is 0 Å². The number of benzene rings is 1. The van der Waals surface area contributed by atoms with Crippen LogP contribution in [0.5, 0.6) is 0 Å². The number of amides is 2. The first-order valence-electron chi connectivity index (χ1n) is 8.88. The Balaban J connectivity index is 2.71. The molecule has 0 aliphatic carbocycles. The van der Waals surface area contributed by atoms with Crippen LogP contribution in [0.4, 0.5) is 0 Å². The van der Waals surface area contributed by atoms with Gasteiger partial charge in [-0.2, -0.15) is 0 Å². The van der Waals surface area contributed by atoms with E-state index in [1.807, 2.05) is 12.1 Å². The number of aliphatic imine (C=N–C) groups is 1. The first-order chi connectivity index (χ1) is 12.3. The molecule has 0 atom stereocenters. The third-order valence-electron chi connectivity index (χ3n) is 3.76. The number of unbranched alkanes of at least 4 members (excludes halogenated alkanes) is 1. The molecule has 0 aliphatic heterocycles. The summed E-state index contributed by atoms with van der Waals surface area (Å²) in [5.74, 6) is 0.578. The highest BCUT2D eigenvalue weighted by atomic mass is 16.2. The standard InChI is InChI=1S/C19H31N5O2/c1-6-7-12-20-19(22-14-17(25)23(2)3)21-13-15-8-10-16(11-9-15)18(26)24(4)5/h8-11H,6-7,12-14H2,1-5H3,(H2,20,21,22). The summed E-state index contributed by atoms with van der Waals surface area (Å²) in [4.78, 5) is 31.3. The fourth-order valence-corrected chi connectivity index (χ4v) is 2.06. The maximum absolute atomic E-state index is 11.9. The van der Waals surface area contributed by atoms with Gasteiger partial charge in [0.15, 0.2) is 5.96 Å². The number of guanidine groups is 1. The first-order valence-corrected chi connectivity index (χ1v) is 8.88. The first kappa shape index (κ1) is 21.5. The van der Waals surface area contributed by atoms with E-state index in [0.29, 0.717) is 18.1 Å². The lowest BCUT2D eigenvalue weighted by Gasteiger charge is -2.15. The van der Waals surface area contributed by atoms with Crippen molar-refractivity contribution in [3.63, 3.8) is 0 Å². The van der Waals surface area contributed by atoms with E-state index >= 15 is 0 Å². The fraction of sp³-hybridized carbons (Fsp3) is 0.526. The van der Waals surface area contributed by atoms with Crippen LogP contribution in [0.25, 0.3) is 0 Å². The zero-order valence-corrected chi connectivity index (χ0v) is 16.5. The largest absolute Gasteiger partial charge is 0.356 e. The molecular weight excluding hydrogens is 330 g/mol. The Labute approximate surface area is 156 Å². The summed E-state index contributed by atoms with van der Waals surface area (Å²) in [6.07, 6.45) is 2.11. The number of nitrogens with one attached hydrogen (secondary N) is 2. The van der Waals surface area contributed by atoms with Crippen molar-refractivity contribution in [3.8, 4) is 0 Å². The molecule has 1 rings (SSSR count). The van der Waals surface area contributed by atoms with Crippen molar-refractivity contribution < 1.29 is 9.59 Å². The van der Waals surface area contributed by atoms with Crippen LogP contribution in [0.15, 0.2) is 29.3 Å². The van der Waals surface area contributed by atoms with Gasteiger partial charge in [-0.1, -0.05) is 25.5 Å². The van der Waals surface area contributed by atoms with Crippen molar-refractivity contribution in [1.82, 2.24) is 20.4 Å². The van der Waals surface area contributed by atoms with Crippen LogP contribution in [0.3, 0.4) is 0 Å². The minimum Gasteiger partial charge on any atom is -0.356 e. The third kappa shape index (κ3) is 7.55. The van der Waals surface area contributed by atoms with Gasteiger partial charge in [-0.3, -0.25) is 9.59 Å². The average molecular weight is 361 g/mol. The van der Waals surface area contributed by atoms with Crippen molar-refractivity contribution in [2.75, 3.05) is 41.3 Å². The molecule has 26 heavy (non-hydrogen) atoms. The summed E-state index contributed by atoms with van der Waals surface area (Å²) >= 11 is 0. The zero-order valence-electron chi connectivity index (χ0n) is 16.5. The summed E-state index contributed by atoms with van der Waals surface area (Å²) in [5, 5.41) is 6.30. The Kier molecular flexibility index (Phi) is 9.19. The molecule has 0 unspecified atom stereocenters. The molecule has 2 N–H and O–H groups in total. The molecule has 0 heterocycles. The molecule has 144 valence electrons. The van der Waals surface area contributed by atoms with Crippen molar-refractivity contribution in [3.05, 3.63) is 35.4 Å². The Bertz CT molecular complexity index is 609. The molecule has 0 saturated carbocycles. The van der Waals surface area contributed by atoms with Gasteiger partial charge >= 0.3 is 0 Å². The Morgan fingerprint density at radius 2 is 1.65 bits per heavy atom. The van der Waals surface area contributed by atoms with Crippen LogP contribution in [0.1, 0.15) is 35.7 Å². The van der Waals surface area contributed by atoms with Gasteiger partial charge in [-0.05, 0) is 24.1 Å². The second kappa shape index (κ2) is 11.1. The molecule has 0 radical (unpaired) electrons. The van der Waals surface area contributed by atoms with E-state index in [2.05, 4.69) is 22.5 Å². The Morgan fingerprint density at radius 3 is 2.19 bits per heavy atom. The van der Waals surface area contributed by atoms with Crippen LogP contribution in [-0.4, -0.2) is 68.9 Å². The third-order valence-corrected chi connectivity index (χ3v) is 3.76. The van der Waals surface area contributed by atoms with E-state index in [1.165, 1.54) is 4.90 Å². The van der Waals surface area contributed by atoms with Gasteiger partial charge in [0.1, 0.15) is 0 Å². The van der Waals surface area contributed by atoms with E-state index in [-0.39, 0.29) is 18.4 Å². The van der Waals surface area contributed by atoms with Crippen molar-refractivity contribution >= 4 is 17.8 Å². The quantitative estimate of drug-likeness (QED) is 0.416. The zero-order chi connectivity index (χ0) is 19.5. The number of nitrogens with zero attached hydrogens (tertiary/aromatic N) is 3. The van der Waals surface area contributed by atoms with Gasteiger partial charge in [0.2, 0.25) is 5.91 Å². The number of likely N-dealkylation sites (N-methyl/N-ethyl adjacent to an activating group) is 1. The molecular formula is C19H31N5O2. The van der Waals surface area contributed by atoms with Crippen LogP contribution in [-0.2, 0) is 11.3 Å². The highest BCUT2D eigenvalue weighted by molar-refractivity contribution is 5.93. The van der Waals surface area contributed by atoms with Crippen LogP contribution < -0.4 is 10.6 Å². The van der Waals surface area contributed by atoms with Crippen molar-refractivity contribution in [1.29, 1.82) is 0 Å². The molecule has 0 saturated heterocycles. The maximum atomic E-state index is 11.9. The SMILES string of the molecule is CCCCNC(=NCc1ccc(C(=O)N(C)C)cc1)NCC(=O)N(C)C. The van der Waals surface area contributed by atoms with Gasteiger partial charge < -0.3 is 20.4 Å². The monoisotopic (exact) mass is 361 g/mol. The summed E-state index contributed by atoms with van der Waals surface area (Å²) in [6, 6.07) is 7.41. The van der Waals surface area contributed by atoms with Crippen molar-refractivity contribution in [2.45, 2.75) is 26.3 Å². The highest BCUT2D eigenvalue weighted by Gasteiger charge is 2.08. The van der Waals surface area contributed by atoms with E-state index in [0.717, 1.165) is 24.9 Å². The van der Waals surface area contributed by atoms with Crippen molar-refractivity contribution in [2.24, 2.45) is 4.99 Å². The Hall–Kier alpha value is -2.57. The fourth-order valence-electron chi connectivity index (χ4n) is 2.06. The second-order valence-electron chi connectivity index (χ2n) is 6.48. The lowest BCUT2D eigenvalue weighted by atomic mass is 10.1. The van der Waals surface area contributed by atoms with E-state index in [1.54, 1.807) is 45.2 Å². The topological polar surface area (TPSA) is 77.0 Å². The molecule has 7 nitrogen and oxygen atoms in total. The number of carbonyl (C=O) groups is 2. The van der Waals surface area contributed by atoms with Gasteiger partial charge in [-0.15, -0.1) is 0 Å². The van der Waals surface area contributed by atoms with E-state index in [9.17, 15) is 9.59 Å². The molecule has 0 spiro atoms. The lowest BCUT2D eigenvalue weighted by Crippen LogP contribution is -2.43. The van der Waals surface area contributed by atoms with E-state index in [4.69, 9.17) is 0 Å². The highest BCUT2D eigenvalue weighted by Crippen LogP contribution is 2.07. The molecule has 7 heteroatoms. The normalized spacial score (nSPS) is 11.0. The summed E-state index contributed by atoms with van der Waals surface area (Å²) in [7, 11) is 6.91. The second-order valence-corrected chi connectivity index (χ2v) is 6.48. The molecule has 0 fully saturated rings. The number of rotatable bonds is 8. The number of carbonyl (C=O) groups excluding carboxylic acids is 2. The smallest absolute Gasteiger partial charge is 0.253 e. The minimum absolute atomic E-state index is 0.0125. The Morgan fingerprint density at radius 1 is 1.00 bits per heavy atom. The number of hydrogen-bond acceptors (Lipinski definition) is 3. The van der Waals surface area contributed by atoms with E-state index < -0.39 is 0 Å². The van der Waals surface area contributed by atoms with Gasteiger partial charge in [0.25, 0.3) is 5.91 Å². The van der Waals surface area contributed by atoms with Crippen LogP contribution in [0, 0.1) is 0 Å². The number of hydrogen-bond donors (Lipinski definition) is 2. The molecule has 1 aromatic rings. The average Bonchev–Trinajstić information content (AvgIpc) is 2.62. The summed E-state index contributed by atoms with van der Waals surface area (Å²) in [5.41, 5.74) is 1.65. The molecule has 0 aliphatic rings. The molecule has 2 amide bonds. The predicted octanol–water partition coefficient (Wildman–Crippen LogP) is 1.31. The lowest BCUT2D eigenvalue weighted by molar-refractivity contribution is -0.127. The summed E-state index contributed by atoms with van der Waals surface area (Å²) in [6.45, 7) is 3.59. The maximum Gasteiger partial charge on any atom is 0.253 e. The van der Waals surface area contributed by atoms with Gasteiger partial charge in [0.05, 0.1) is 13.1 Å². The van der Waals surface area contributed by atoms with Gasteiger partial charge in [0, 0.05) is 40.3 Å². The molecule has 0 bridgehead atoms. The predicted molar refractivity (Wildman–Crippen MR) is 105 cm³/mol. The molecule has 0 aromatic heterocycles. The van der Waals surface area contributed by atoms with Crippen LogP contribution >= 0.6 is 0 Å². The summed E-state index contributed by atoms with van der Waals surface area (Å²) < 4.78 is 0. The molecule has 1 aromatic carbocycles. The minimum atomic E-state index is -0.0224. The van der Waals surface area contributed by atoms with Gasteiger partial charge in [-0.25, -0.2) is 4.99 Å².